The third-order valence-corrected chi connectivity index (χ3v) is 2.73. The van der Waals surface area contributed by atoms with Crippen LogP contribution in [0.15, 0.2) is 46.0 Å². The van der Waals surface area contributed by atoms with E-state index in [1.54, 1.807) is 19.6 Å². The first-order chi connectivity index (χ1) is 8.70. The number of aliphatic imine (C=N–C) groups is 1. The Morgan fingerprint density at radius 2 is 2.11 bits per heavy atom. The lowest BCUT2D eigenvalue weighted by molar-refractivity contribution is 0.414. The monoisotopic (exact) mass is 243 g/mol. The van der Waals surface area contributed by atoms with Gasteiger partial charge in [-0.1, -0.05) is 13.8 Å². The van der Waals surface area contributed by atoms with Crippen LogP contribution in [0.1, 0.15) is 31.1 Å². The Labute approximate surface area is 107 Å². The van der Waals surface area contributed by atoms with Gasteiger partial charge in [-0.3, -0.25) is 4.99 Å². The molecule has 0 fully saturated rings. The zero-order valence-corrected chi connectivity index (χ0v) is 10.9. The van der Waals surface area contributed by atoms with E-state index < -0.39 is 0 Å². The van der Waals surface area contributed by atoms with Gasteiger partial charge in [0.25, 0.3) is 0 Å². The second-order valence-corrected chi connectivity index (χ2v) is 4.35. The number of hydrogen-bond donors (Lipinski definition) is 0. The van der Waals surface area contributed by atoms with Gasteiger partial charge in [-0.05, 0) is 41.8 Å². The van der Waals surface area contributed by atoms with Crippen LogP contribution in [0.5, 0.6) is 5.75 Å². The van der Waals surface area contributed by atoms with Gasteiger partial charge in [-0.2, -0.15) is 0 Å². The molecule has 0 saturated carbocycles. The highest BCUT2D eigenvalue weighted by Gasteiger charge is 2.07. The van der Waals surface area contributed by atoms with Gasteiger partial charge in [0, 0.05) is 0 Å². The molecule has 0 radical (unpaired) electrons. The minimum atomic E-state index is 0.392. The second kappa shape index (κ2) is 5.54. The van der Waals surface area contributed by atoms with Crippen molar-refractivity contribution >= 4 is 11.9 Å². The summed E-state index contributed by atoms with van der Waals surface area (Å²) >= 11 is 0. The third kappa shape index (κ3) is 2.80. The molecule has 2 rings (SSSR count). The molecule has 0 bridgehead atoms. The molecule has 0 amide bonds. The second-order valence-electron chi connectivity index (χ2n) is 4.35. The van der Waals surface area contributed by atoms with Crippen molar-refractivity contribution in [3.8, 4) is 5.75 Å². The molecular formula is C15H17NO2. The topological polar surface area (TPSA) is 34.7 Å². The molecule has 0 N–H and O–H groups in total. The summed E-state index contributed by atoms with van der Waals surface area (Å²) in [5.74, 6) is 2.00. The van der Waals surface area contributed by atoms with Gasteiger partial charge in [0.05, 0.1) is 25.3 Å². The van der Waals surface area contributed by atoms with E-state index in [9.17, 15) is 0 Å². The van der Waals surface area contributed by atoms with Gasteiger partial charge in [0.1, 0.15) is 11.5 Å². The van der Waals surface area contributed by atoms with Crippen LogP contribution in [0.4, 0.5) is 5.69 Å². The Balaban J connectivity index is 2.32. The molecule has 3 nitrogen and oxygen atoms in total. The number of rotatable bonds is 4. The maximum absolute atomic E-state index is 5.24. The quantitative estimate of drug-likeness (QED) is 0.755. The summed E-state index contributed by atoms with van der Waals surface area (Å²) in [4.78, 5) is 4.47. The van der Waals surface area contributed by atoms with Gasteiger partial charge < -0.3 is 9.15 Å². The number of furan rings is 1. The summed E-state index contributed by atoms with van der Waals surface area (Å²) in [5, 5.41) is 0. The van der Waals surface area contributed by atoms with E-state index in [0.717, 1.165) is 22.8 Å². The van der Waals surface area contributed by atoms with Crippen LogP contribution in [0.25, 0.3) is 0 Å². The van der Waals surface area contributed by atoms with Crippen LogP contribution < -0.4 is 4.74 Å². The van der Waals surface area contributed by atoms with E-state index >= 15 is 0 Å². The van der Waals surface area contributed by atoms with Crippen molar-refractivity contribution in [2.75, 3.05) is 7.11 Å². The Kier molecular flexibility index (Phi) is 3.82. The van der Waals surface area contributed by atoms with E-state index in [-0.39, 0.29) is 0 Å². The maximum atomic E-state index is 5.24. The average Bonchev–Trinajstić information content (AvgIpc) is 2.89. The molecule has 0 saturated heterocycles. The number of ether oxygens (including phenoxy) is 1. The van der Waals surface area contributed by atoms with Crippen molar-refractivity contribution < 1.29 is 9.15 Å². The average molecular weight is 243 g/mol. The predicted molar refractivity (Wildman–Crippen MR) is 73.0 cm³/mol. The van der Waals surface area contributed by atoms with Crippen LogP contribution in [-0.4, -0.2) is 13.3 Å². The van der Waals surface area contributed by atoms with Crippen molar-refractivity contribution in [3.05, 3.63) is 47.9 Å². The molecule has 3 heteroatoms. The molecule has 1 heterocycles. The molecule has 18 heavy (non-hydrogen) atoms. The smallest absolute Gasteiger partial charge is 0.144 e. The fourth-order valence-electron chi connectivity index (χ4n) is 1.74. The van der Waals surface area contributed by atoms with E-state index in [4.69, 9.17) is 9.15 Å². The van der Waals surface area contributed by atoms with Crippen LogP contribution in [0.2, 0.25) is 0 Å². The van der Waals surface area contributed by atoms with E-state index in [0.29, 0.717) is 5.92 Å². The third-order valence-electron chi connectivity index (χ3n) is 2.73. The normalized spacial score (nSPS) is 11.3. The van der Waals surface area contributed by atoms with Crippen molar-refractivity contribution in [1.82, 2.24) is 0 Å². The van der Waals surface area contributed by atoms with Crippen LogP contribution in [0, 0.1) is 0 Å². The summed E-state index contributed by atoms with van der Waals surface area (Å²) in [5.41, 5.74) is 2.11. The highest BCUT2D eigenvalue weighted by molar-refractivity contribution is 5.79. The lowest BCUT2D eigenvalue weighted by Crippen LogP contribution is -1.91. The number of nitrogens with zero attached hydrogens (tertiary/aromatic N) is 1. The summed E-state index contributed by atoms with van der Waals surface area (Å²) < 4.78 is 10.5. The van der Waals surface area contributed by atoms with Crippen molar-refractivity contribution in [3.63, 3.8) is 0 Å². The molecule has 94 valence electrons. The Hall–Kier alpha value is -2.03. The summed E-state index contributed by atoms with van der Waals surface area (Å²) in [7, 11) is 1.67. The largest absolute Gasteiger partial charge is 0.497 e. The van der Waals surface area contributed by atoms with Gasteiger partial charge in [-0.15, -0.1) is 0 Å². The molecular weight excluding hydrogens is 226 g/mol. The molecule has 0 aliphatic heterocycles. The summed E-state index contributed by atoms with van der Waals surface area (Å²) in [6.45, 7) is 4.28. The summed E-state index contributed by atoms with van der Waals surface area (Å²) in [6, 6.07) is 9.63. The van der Waals surface area contributed by atoms with Crippen molar-refractivity contribution in [2.24, 2.45) is 4.99 Å². The zero-order chi connectivity index (χ0) is 13.0. The van der Waals surface area contributed by atoms with Gasteiger partial charge >= 0.3 is 0 Å². The SMILES string of the molecule is COc1ccc(N=Cc2ccco2)c(C(C)C)c1. The van der Waals surface area contributed by atoms with E-state index in [1.807, 2.05) is 30.3 Å². The predicted octanol–water partition coefficient (Wildman–Crippen LogP) is 4.16. The van der Waals surface area contributed by atoms with Crippen LogP contribution >= 0.6 is 0 Å². The Bertz CT molecular complexity index is 527. The molecule has 0 unspecified atom stereocenters. The fourth-order valence-corrected chi connectivity index (χ4v) is 1.74. The lowest BCUT2D eigenvalue weighted by Gasteiger charge is -2.11. The van der Waals surface area contributed by atoms with Crippen molar-refractivity contribution in [2.45, 2.75) is 19.8 Å². The molecule has 0 aliphatic rings. The lowest BCUT2D eigenvalue weighted by atomic mass is 10.0. The molecule has 2 aromatic rings. The molecule has 0 aliphatic carbocycles. The number of methoxy groups -OCH3 is 1. The first-order valence-electron chi connectivity index (χ1n) is 5.96. The highest BCUT2D eigenvalue weighted by atomic mass is 16.5. The van der Waals surface area contributed by atoms with Gasteiger partial charge in [0.15, 0.2) is 0 Å². The molecule has 0 spiro atoms. The highest BCUT2D eigenvalue weighted by Crippen LogP contribution is 2.30. The fraction of sp³-hybridized carbons (Fsp3) is 0.267. The summed E-state index contributed by atoms with van der Waals surface area (Å²) in [6.07, 6.45) is 3.37. The van der Waals surface area contributed by atoms with E-state index in [2.05, 4.69) is 18.8 Å². The first kappa shape index (κ1) is 12.4. The maximum Gasteiger partial charge on any atom is 0.144 e. The van der Waals surface area contributed by atoms with Crippen LogP contribution in [0.3, 0.4) is 0 Å². The molecule has 0 atom stereocenters. The minimum absolute atomic E-state index is 0.392. The van der Waals surface area contributed by atoms with Gasteiger partial charge in [0.2, 0.25) is 0 Å². The minimum Gasteiger partial charge on any atom is -0.497 e. The number of hydrogen-bond acceptors (Lipinski definition) is 3. The first-order valence-corrected chi connectivity index (χ1v) is 5.96. The van der Waals surface area contributed by atoms with E-state index in [1.165, 1.54) is 0 Å². The Morgan fingerprint density at radius 3 is 2.72 bits per heavy atom. The zero-order valence-electron chi connectivity index (χ0n) is 10.9. The molecule has 1 aromatic heterocycles. The Morgan fingerprint density at radius 1 is 1.28 bits per heavy atom. The number of benzene rings is 1. The van der Waals surface area contributed by atoms with Gasteiger partial charge in [-0.25, -0.2) is 0 Å². The van der Waals surface area contributed by atoms with Crippen molar-refractivity contribution in [1.29, 1.82) is 0 Å². The molecule has 1 aromatic carbocycles. The van der Waals surface area contributed by atoms with Crippen LogP contribution in [-0.2, 0) is 0 Å². The standard InChI is InChI=1S/C15H17NO2/c1-11(2)14-9-12(17-3)6-7-15(14)16-10-13-5-4-8-18-13/h4-11H,1-3H3.